The van der Waals surface area contributed by atoms with Crippen molar-refractivity contribution >= 4 is 5.97 Å². The number of carboxylic acid groups (broad SMARTS) is 1. The van der Waals surface area contributed by atoms with E-state index in [0.717, 1.165) is 12.8 Å². The van der Waals surface area contributed by atoms with Crippen molar-refractivity contribution in [1.82, 2.24) is 0 Å². The van der Waals surface area contributed by atoms with Crippen LogP contribution in [0.1, 0.15) is 33.6 Å². The van der Waals surface area contributed by atoms with Gasteiger partial charge < -0.3 is 10.8 Å². The Kier molecular flexibility index (Phi) is 4.90. The van der Waals surface area contributed by atoms with E-state index < -0.39 is 11.9 Å². The number of hydrogen-bond acceptors (Lipinski definition) is 2. The molecule has 0 fully saturated rings. The molecule has 0 aromatic heterocycles. The van der Waals surface area contributed by atoms with Gasteiger partial charge >= 0.3 is 5.97 Å². The van der Waals surface area contributed by atoms with Crippen LogP contribution in [0.25, 0.3) is 0 Å². The zero-order chi connectivity index (χ0) is 9.72. The molecule has 0 rings (SSSR count). The minimum absolute atomic E-state index is 0.115. The van der Waals surface area contributed by atoms with Crippen LogP contribution in [0.5, 0.6) is 0 Å². The Morgan fingerprint density at radius 1 is 1.50 bits per heavy atom. The first-order chi connectivity index (χ1) is 5.50. The highest BCUT2D eigenvalue weighted by Crippen LogP contribution is 2.17. The maximum Gasteiger partial charge on any atom is 0.308 e. The van der Waals surface area contributed by atoms with Gasteiger partial charge in [-0.1, -0.05) is 27.2 Å². The minimum atomic E-state index is -0.772. The molecule has 0 saturated heterocycles. The van der Waals surface area contributed by atoms with Gasteiger partial charge in [-0.15, -0.1) is 0 Å². The summed E-state index contributed by atoms with van der Waals surface area (Å²) in [6.45, 7) is 5.81. The molecular weight excluding hydrogens is 154 g/mol. The normalized spacial score (nSPS) is 16.1. The van der Waals surface area contributed by atoms with Crippen LogP contribution in [-0.2, 0) is 4.79 Å². The maximum atomic E-state index is 10.8. The highest BCUT2D eigenvalue weighted by molar-refractivity contribution is 5.71. The fourth-order valence-corrected chi connectivity index (χ4v) is 1.48. The molecule has 0 aliphatic carbocycles. The fraction of sp³-hybridized carbons (Fsp3) is 0.889. The van der Waals surface area contributed by atoms with E-state index in [0.29, 0.717) is 0 Å². The van der Waals surface area contributed by atoms with Crippen molar-refractivity contribution < 1.29 is 9.90 Å². The van der Waals surface area contributed by atoms with Crippen LogP contribution in [0.4, 0.5) is 0 Å². The third-order valence-electron chi connectivity index (χ3n) is 2.09. The lowest BCUT2D eigenvalue weighted by atomic mass is 9.87. The number of carbonyl (C=O) groups is 1. The number of hydrogen-bond donors (Lipinski definition) is 2. The number of carboxylic acids is 1. The Hall–Kier alpha value is -0.570. The molecule has 2 unspecified atom stereocenters. The van der Waals surface area contributed by atoms with E-state index in [2.05, 4.69) is 0 Å². The first-order valence-electron chi connectivity index (χ1n) is 4.49. The van der Waals surface area contributed by atoms with E-state index in [1.807, 2.05) is 20.8 Å². The summed E-state index contributed by atoms with van der Waals surface area (Å²) in [4.78, 5) is 10.8. The summed E-state index contributed by atoms with van der Waals surface area (Å²) in [5.74, 6) is -1.06. The van der Waals surface area contributed by atoms with Gasteiger partial charge in [0.1, 0.15) is 0 Å². The van der Waals surface area contributed by atoms with Crippen LogP contribution in [-0.4, -0.2) is 17.1 Å². The monoisotopic (exact) mass is 173 g/mol. The van der Waals surface area contributed by atoms with Gasteiger partial charge in [-0.25, -0.2) is 0 Å². The molecular formula is C9H19NO2. The molecule has 3 nitrogen and oxygen atoms in total. The van der Waals surface area contributed by atoms with Crippen molar-refractivity contribution in [2.45, 2.75) is 39.7 Å². The Morgan fingerprint density at radius 2 is 2.00 bits per heavy atom. The van der Waals surface area contributed by atoms with Gasteiger partial charge in [0.05, 0.1) is 5.92 Å². The molecule has 12 heavy (non-hydrogen) atoms. The molecule has 0 aliphatic heterocycles. The molecule has 0 amide bonds. The van der Waals surface area contributed by atoms with Crippen molar-refractivity contribution in [2.75, 3.05) is 0 Å². The van der Waals surface area contributed by atoms with Crippen LogP contribution in [0.3, 0.4) is 0 Å². The summed E-state index contributed by atoms with van der Waals surface area (Å²) in [6, 6.07) is -0.201. The molecule has 0 radical (unpaired) electrons. The summed E-state index contributed by atoms with van der Waals surface area (Å²) < 4.78 is 0. The maximum absolute atomic E-state index is 10.8. The SMILES string of the molecule is CCCC(N)C(C(=O)O)C(C)C. The van der Waals surface area contributed by atoms with Crippen molar-refractivity contribution in [3.63, 3.8) is 0 Å². The minimum Gasteiger partial charge on any atom is -0.481 e. The molecule has 3 N–H and O–H groups in total. The molecule has 0 aromatic rings. The Balaban J connectivity index is 4.19. The Morgan fingerprint density at radius 3 is 2.25 bits per heavy atom. The van der Waals surface area contributed by atoms with Gasteiger partial charge in [0.2, 0.25) is 0 Å². The van der Waals surface area contributed by atoms with Gasteiger partial charge in [0, 0.05) is 6.04 Å². The van der Waals surface area contributed by atoms with E-state index in [1.54, 1.807) is 0 Å². The molecule has 0 bridgehead atoms. The number of nitrogens with two attached hydrogens (primary N) is 1. The molecule has 0 aliphatic rings. The first kappa shape index (κ1) is 11.4. The lowest BCUT2D eigenvalue weighted by molar-refractivity contribution is -0.144. The summed E-state index contributed by atoms with van der Waals surface area (Å²) >= 11 is 0. The van der Waals surface area contributed by atoms with Gasteiger partial charge in [-0.3, -0.25) is 4.79 Å². The third-order valence-corrected chi connectivity index (χ3v) is 2.09. The average Bonchev–Trinajstić information content (AvgIpc) is 1.85. The Labute approximate surface area is 74.0 Å². The molecule has 72 valence electrons. The van der Waals surface area contributed by atoms with Gasteiger partial charge in [0.25, 0.3) is 0 Å². The van der Waals surface area contributed by atoms with E-state index >= 15 is 0 Å². The highest BCUT2D eigenvalue weighted by atomic mass is 16.4. The number of aliphatic carboxylic acids is 1. The van der Waals surface area contributed by atoms with Gasteiger partial charge in [0.15, 0.2) is 0 Å². The van der Waals surface area contributed by atoms with E-state index in [9.17, 15) is 4.79 Å². The topological polar surface area (TPSA) is 63.3 Å². The lowest BCUT2D eigenvalue weighted by Crippen LogP contribution is -2.38. The quantitative estimate of drug-likeness (QED) is 0.661. The van der Waals surface area contributed by atoms with Crippen LogP contribution in [0.15, 0.2) is 0 Å². The summed E-state index contributed by atoms with van der Waals surface area (Å²) in [6.07, 6.45) is 1.73. The van der Waals surface area contributed by atoms with Crippen LogP contribution in [0, 0.1) is 11.8 Å². The molecule has 0 spiro atoms. The van der Waals surface area contributed by atoms with Crippen LogP contribution >= 0.6 is 0 Å². The second-order valence-corrected chi connectivity index (χ2v) is 3.56. The van der Waals surface area contributed by atoms with E-state index in [-0.39, 0.29) is 12.0 Å². The standard InChI is InChI=1S/C9H19NO2/c1-4-5-7(10)8(6(2)3)9(11)12/h6-8H,4-5,10H2,1-3H3,(H,11,12). The van der Waals surface area contributed by atoms with Crippen molar-refractivity contribution in [3.8, 4) is 0 Å². The molecule has 0 aromatic carbocycles. The molecule has 0 heterocycles. The number of rotatable bonds is 5. The largest absolute Gasteiger partial charge is 0.481 e. The van der Waals surface area contributed by atoms with Crippen LogP contribution < -0.4 is 5.73 Å². The fourth-order valence-electron chi connectivity index (χ4n) is 1.48. The van der Waals surface area contributed by atoms with Gasteiger partial charge in [-0.05, 0) is 12.3 Å². The lowest BCUT2D eigenvalue weighted by Gasteiger charge is -2.22. The Bertz CT molecular complexity index is 145. The molecule has 0 saturated carbocycles. The van der Waals surface area contributed by atoms with E-state index in [4.69, 9.17) is 10.8 Å². The van der Waals surface area contributed by atoms with Crippen molar-refractivity contribution in [3.05, 3.63) is 0 Å². The third kappa shape index (κ3) is 3.22. The summed E-state index contributed by atoms with van der Waals surface area (Å²) in [7, 11) is 0. The highest BCUT2D eigenvalue weighted by Gasteiger charge is 2.27. The predicted octanol–water partition coefficient (Wildman–Crippen LogP) is 1.47. The predicted molar refractivity (Wildman–Crippen MR) is 48.8 cm³/mol. The van der Waals surface area contributed by atoms with E-state index in [1.165, 1.54) is 0 Å². The summed E-state index contributed by atoms with van der Waals surface area (Å²) in [5.41, 5.74) is 5.75. The van der Waals surface area contributed by atoms with Crippen molar-refractivity contribution in [1.29, 1.82) is 0 Å². The zero-order valence-corrected chi connectivity index (χ0v) is 8.08. The average molecular weight is 173 g/mol. The second kappa shape index (κ2) is 5.14. The van der Waals surface area contributed by atoms with Crippen LogP contribution in [0.2, 0.25) is 0 Å². The summed E-state index contributed by atoms with van der Waals surface area (Å²) in [5, 5.41) is 8.86. The smallest absolute Gasteiger partial charge is 0.308 e. The van der Waals surface area contributed by atoms with Crippen molar-refractivity contribution in [2.24, 2.45) is 17.6 Å². The molecule has 3 heteroatoms. The van der Waals surface area contributed by atoms with Gasteiger partial charge in [-0.2, -0.15) is 0 Å². The second-order valence-electron chi connectivity index (χ2n) is 3.56. The zero-order valence-electron chi connectivity index (χ0n) is 8.08. The molecule has 2 atom stereocenters. The first-order valence-corrected chi connectivity index (χ1v) is 4.49.